The minimum absolute atomic E-state index is 0.0972. The normalized spacial score (nSPS) is 18.9. The highest BCUT2D eigenvalue weighted by molar-refractivity contribution is 5.92. The zero-order valence-corrected chi connectivity index (χ0v) is 17.7. The Morgan fingerprint density at radius 1 is 0.966 bits per heavy atom. The maximum absolute atomic E-state index is 12.4. The lowest BCUT2D eigenvalue weighted by Gasteiger charge is -2.29. The minimum atomic E-state index is 0.0972. The average Bonchev–Trinajstić information content (AvgIpc) is 2.72. The second kappa shape index (κ2) is 10.3. The summed E-state index contributed by atoms with van der Waals surface area (Å²) in [5, 5.41) is 3.07. The van der Waals surface area contributed by atoms with E-state index in [0.717, 1.165) is 61.0 Å². The first kappa shape index (κ1) is 21.1. The number of hydrogen-bond acceptors (Lipinski definition) is 3. The van der Waals surface area contributed by atoms with Gasteiger partial charge in [0.25, 0.3) is 5.91 Å². The molecule has 0 atom stereocenters. The molecular formula is C23H33N3O3+2. The fourth-order valence-electron chi connectivity index (χ4n) is 3.66. The Hall–Kier alpha value is -2.57. The molecular weight excluding hydrogens is 366 g/mol. The number of carbonyl (C=O) groups is 1. The first-order valence-corrected chi connectivity index (χ1v) is 10.3. The van der Waals surface area contributed by atoms with Gasteiger partial charge in [0.15, 0.2) is 6.54 Å². The Kier molecular flexibility index (Phi) is 7.49. The van der Waals surface area contributed by atoms with Gasteiger partial charge in [-0.2, -0.15) is 0 Å². The Morgan fingerprint density at radius 2 is 1.62 bits per heavy atom. The third-order valence-corrected chi connectivity index (χ3v) is 5.53. The molecule has 0 unspecified atom stereocenters. The highest BCUT2D eigenvalue weighted by Gasteiger charge is 2.24. The van der Waals surface area contributed by atoms with E-state index < -0.39 is 0 Å². The molecule has 1 amide bonds. The number of carbonyl (C=O) groups excluding carboxylic acids is 1. The van der Waals surface area contributed by atoms with Crippen molar-refractivity contribution in [2.75, 3.05) is 58.3 Å². The van der Waals surface area contributed by atoms with Crippen LogP contribution in [0.3, 0.4) is 0 Å². The summed E-state index contributed by atoms with van der Waals surface area (Å²) in [6, 6.07) is 13.8. The van der Waals surface area contributed by atoms with Gasteiger partial charge in [0.1, 0.15) is 50.8 Å². The summed E-state index contributed by atoms with van der Waals surface area (Å²) in [6.45, 7) is 10.4. The maximum Gasteiger partial charge on any atom is 0.279 e. The third kappa shape index (κ3) is 6.48. The second-order valence-corrected chi connectivity index (χ2v) is 7.82. The van der Waals surface area contributed by atoms with Crippen LogP contribution in [-0.2, 0) is 4.79 Å². The van der Waals surface area contributed by atoms with Crippen LogP contribution >= 0.6 is 0 Å². The molecule has 6 heteroatoms. The van der Waals surface area contributed by atoms with Crippen molar-refractivity contribution in [3.05, 3.63) is 53.6 Å². The van der Waals surface area contributed by atoms with Crippen LogP contribution in [0, 0.1) is 13.8 Å². The molecule has 29 heavy (non-hydrogen) atoms. The molecule has 2 aromatic rings. The molecule has 6 nitrogen and oxygen atoms in total. The van der Waals surface area contributed by atoms with Crippen LogP contribution in [-0.4, -0.2) is 58.9 Å². The number of quaternary nitrogens is 2. The molecule has 1 aliphatic heterocycles. The van der Waals surface area contributed by atoms with E-state index in [9.17, 15) is 4.79 Å². The summed E-state index contributed by atoms with van der Waals surface area (Å²) in [7, 11) is 1.66. The number of nitrogens with one attached hydrogen (secondary N) is 3. The number of ether oxygens (including phenoxy) is 2. The molecule has 1 heterocycles. The highest BCUT2D eigenvalue weighted by Crippen LogP contribution is 2.17. The van der Waals surface area contributed by atoms with E-state index in [1.54, 1.807) is 7.11 Å². The molecule has 0 saturated carbocycles. The van der Waals surface area contributed by atoms with Gasteiger partial charge in [0, 0.05) is 5.69 Å². The van der Waals surface area contributed by atoms with E-state index in [2.05, 4.69) is 11.4 Å². The first-order chi connectivity index (χ1) is 14.0. The molecule has 0 spiro atoms. The fraction of sp³-hybridized carbons (Fsp3) is 0.435. The van der Waals surface area contributed by atoms with Gasteiger partial charge in [-0.25, -0.2) is 0 Å². The van der Waals surface area contributed by atoms with Crippen LogP contribution in [0.1, 0.15) is 11.1 Å². The summed E-state index contributed by atoms with van der Waals surface area (Å²) >= 11 is 0. The number of rotatable bonds is 8. The highest BCUT2D eigenvalue weighted by atomic mass is 16.5. The Morgan fingerprint density at radius 3 is 2.31 bits per heavy atom. The van der Waals surface area contributed by atoms with Crippen molar-refractivity contribution in [2.45, 2.75) is 13.8 Å². The number of benzene rings is 2. The van der Waals surface area contributed by atoms with Gasteiger partial charge in [0.05, 0.1) is 7.11 Å². The average molecular weight is 400 g/mol. The van der Waals surface area contributed by atoms with Crippen LogP contribution in [0.2, 0.25) is 0 Å². The maximum atomic E-state index is 12.4. The SMILES string of the molecule is COc1ccc(OCC[NH+]2CC[NH+](CC(=O)Nc3cc(C)ccc3C)CC2)cc1. The van der Waals surface area contributed by atoms with Crippen molar-refractivity contribution in [1.82, 2.24) is 0 Å². The lowest BCUT2D eigenvalue weighted by atomic mass is 10.1. The first-order valence-electron chi connectivity index (χ1n) is 10.3. The van der Waals surface area contributed by atoms with Gasteiger partial charge in [-0.15, -0.1) is 0 Å². The van der Waals surface area contributed by atoms with Gasteiger partial charge >= 0.3 is 0 Å². The molecule has 0 radical (unpaired) electrons. The lowest BCUT2D eigenvalue weighted by molar-refractivity contribution is -1.01. The predicted octanol–water partition coefficient (Wildman–Crippen LogP) is 0.113. The Labute approximate surface area is 173 Å². The molecule has 1 aliphatic rings. The molecule has 0 aromatic heterocycles. The zero-order valence-electron chi connectivity index (χ0n) is 17.7. The number of hydrogen-bond donors (Lipinski definition) is 3. The van der Waals surface area contributed by atoms with E-state index in [-0.39, 0.29) is 5.91 Å². The molecule has 0 aliphatic carbocycles. The van der Waals surface area contributed by atoms with Gasteiger partial charge in [-0.1, -0.05) is 12.1 Å². The topological polar surface area (TPSA) is 56.4 Å². The minimum Gasteiger partial charge on any atom is -0.497 e. The van der Waals surface area contributed by atoms with Crippen LogP contribution in [0.4, 0.5) is 5.69 Å². The number of amides is 1. The molecule has 3 N–H and O–H groups in total. The largest absolute Gasteiger partial charge is 0.497 e. The summed E-state index contributed by atoms with van der Waals surface area (Å²) in [6.07, 6.45) is 0. The van der Waals surface area contributed by atoms with Gasteiger partial charge in [0.2, 0.25) is 0 Å². The summed E-state index contributed by atoms with van der Waals surface area (Å²) < 4.78 is 11.0. The van der Waals surface area contributed by atoms with Crippen LogP contribution in [0.15, 0.2) is 42.5 Å². The molecule has 1 saturated heterocycles. The summed E-state index contributed by atoms with van der Waals surface area (Å²) in [5.74, 6) is 1.81. The van der Waals surface area contributed by atoms with E-state index >= 15 is 0 Å². The van der Waals surface area contributed by atoms with Crippen LogP contribution in [0.25, 0.3) is 0 Å². The van der Waals surface area contributed by atoms with Crippen molar-refractivity contribution in [1.29, 1.82) is 0 Å². The smallest absolute Gasteiger partial charge is 0.279 e. The Balaban J connectivity index is 1.35. The van der Waals surface area contributed by atoms with E-state index in [4.69, 9.17) is 9.47 Å². The molecule has 156 valence electrons. The summed E-state index contributed by atoms with van der Waals surface area (Å²) in [5.41, 5.74) is 3.19. The molecule has 1 fully saturated rings. The fourth-order valence-corrected chi connectivity index (χ4v) is 3.66. The van der Waals surface area contributed by atoms with Crippen LogP contribution in [0.5, 0.6) is 11.5 Å². The van der Waals surface area contributed by atoms with E-state index in [0.29, 0.717) is 13.2 Å². The van der Waals surface area contributed by atoms with Crippen molar-refractivity contribution < 1.29 is 24.1 Å². The quantitative estimate of drug-likeness (QED) is 0.591. The number of methoxy groups -OCH3 is 1. The lowest BCUT2D eigenvalue weighted by Crippen LogP contribution is -3.28. The number of piperazine rings is 1. The standard InChI is InChI=1S/C23H31N3O3/c1-18-4-5-19(2)22(16-18)24-23(27)17-26-12-10-25(11-13-26)14-15-29-21-8-6-20(28-3)7-9-21/h4-9,16H,10-15,17H2,1-3H3,(H,24,27)/p+2. The molecule has 3 rings (SSSR count). The predicted molar refractivity (Wildman–Crippen MR) is 114 cm³/mol. The van der Waals surface area contributed by atoms with Gasteiger partial charge in [-0.05, 0) is 55.3 Å². The number of aryl methyl sites for hydroxylation is 2. The summed E-state index contributed by atoms with van der Waals surface area (Å²) in [4.78, 5) is 15.3. The van der Waals surface area contributed by atoms with Crippen molar-refractivity contribution >= 4 is 11.6 Å². The third-order valence-electron chi connectivity index (χ3n) is 5.53. The monoisotopic (exact) mass is 399 g/mol. The number of anilines is 1. The molecule has 2 aromatic carbocycles. The zero-order chi connectivity index (χ0) is 20.6. The van der Waals surface area contributed by atoms with Gasteiger partial charge in [-0.3, -0.25) is 4.79 Å². The molecule has 0 bridgehead atoms. The van der Waals surface area contributed by atoms with Crippen molar-refractivity contribution in [2.24, 2.45) is 0 Å². The van der Waals surface area contributed by atoms with Crippen molar-refractivity contribution in [3.8, 4) is 11.5 Å². The second-order valence-electron chi connectivity index (χ2n) is 7.82. The van der Waals surface area contributed by atoms with Crippen LogP contribution < -0.4 is 24.6 Å². The van der Waals surface area contributed by atoms with Gasteiger partial charge < -0.3 is 24.6 Å². The van der Waals surface area contributed by atoms with Crippen molar-refractivity contribution in [3.63, 3.8) is 0 Å². The Bertz CT molecular complexity index is 800. The van der Waals surface area contributed by atoms with E-state index in [1.165, 1.54) is 9.80 Å². The van der Waals surface area contributed by atoms with E-state index in [1.807, 2.05) is 50.2 Å².